The van der Waals surface area contributed by atoms with Crippen molar-refractivity contribution in [2.75, 3.05) is 6.61 Å². The van der Waals surface area contributed by atoms with Crippen LogP contribution in [0.1, 0.15) is 11.1 Å². The Morgan fingerprint density at radius 3 is 2.75 bits per heavy atom. The summed E-state index contributed by atoms with van der Waals surface area (Å²) >= 11 is 5.67. The van der Waals surface area contributed by atoms with E-state index in [0.717, 1.165) is 17.5 Å². The molecule has 1 amide bonds. The number of rotatable bonds is 5. The third-order valence-electron chi connectivity index (χ3n) is 3.92. The van der Waals surface area contributed by atoms with E-state index in [9.17, 15) is 9.18 Å². The minimum absolute atomic E-state index is 0.0295. The maximum atomic E-state index is 13.4. The largest absolute Gasteiger partial charge is 0.447 e. The summed E-state index contributed by atoms with van der Waals surface area (Å²) in [4.78, 5) is 13.5. The highest BCUT2D eigenvalue weighted by Gasteiger charge is 2.31. The summed E-state index contributed by atoms with van der Waals surface area (Å²) in [5.41, 5.74) is 1.94. The molecule has 3 rings (SSSR count). The number of carbonyl (C=O) groups is 1. The summed E-state index contributed by atoms with van der Waals surface area (Å²) in [5.74, 6) is -0.440. The van der Waals surface area contributed by atoms with Crippen LogP contribution >= 0.6 is 11.6 Å². The molecule has 1 fully saturated rings. The van der Waals surface area contributed by atoms with Crippen LogP contribution in [0, 0.1) is 5.82 Å². The van der Waals surface area contributed by atoms with E-state index < -0.39 is 5.82 Å². The molecule has 0 aliphatic carbocycles. The van der Waals surface area contributed by atoms with Gasteiger partial charge in [0.25, 0.3) is 0 Å². The van der Waals surface area contributed by atoms with Gasteiger partial charge < -0.3 is 4.74 Å². The number of carbonyl (C=O) groups excluding carboxylic acids is 1. The Morgan fingerprint density at radius 2 is 2.00 bits per heavy atom. The van der Waals surface area contributed by atoms with E-state index in [4.69, 9.17) is 16.3 Å². The average molecular weight is 346 g/mol. The van der Waals surface area contributed by atoms with Crippen molar-refractivity contribution in [3.63, 3.8) is 0 Å². The lowest BCUT2D eigenvalue weighted by atomic mass is 10.1. The minimum atomic E-state index is -0.440. The highest BCUT2D eigenvalue weighted by atomic mass is 35.5. The molecule has 0 spiro atoms. The first kappa shape index (κ1) is 16.5. The number of ether oxygens (including phenoxy) is 1. The van der Waals surface area contributed by atoms with Gasteiger partial charge in [-0.15, -0.1) is 0 Å². The van der Waals surface area contributed by atoms with E-state index in [1.54, 1.807) is 17.2 Å². The molecular weight excluding hydrogens is 329 g/mol. The molecule has 1 saturated heterocycles. The van der Waals surface area contributed by atoms with Gasteiger partial charge in [0.2, 0.25) is 0 Å². The Hall–Kier alpha value is -2.33. The van der Waals surface area contributed by atoms with Gasteiger partial charge in [0.05, 0.1) is 11.1 Å². The van der Waals surface area contributed by atoms with Gasteiger partial charge in [-0.05, 0) is 36.1 Å². The van der Waals surface area contributed by atoms with Crippen LogP contribution < -0.4 is 0 Å². The lowest BCUT2D eigenvalue weighted by Gasteiger charge is -2.17. The molecule has 1 heterocycles. The highest BCUT2D eigenvalue weighted by Crippen LogP contribution is 2.19. The normalized spacial score (nSPS) is 17.5. The molecule has 24 heavy (non-hydrogen) atoms. The summed E-state index contributed by atoms with van der Waals surface area (Å²) in [6.07, 6.45) is 4.43. The van der Waals surface area contributed by atoms with E-state index >= 15 is 0 Å². The Balaban J connectivity index is 1.65. The molecule has 1 atom stereocenters. The molecule has 5 heteroatoms. The minimum Gasteiger partial charge on any atom is -0.447 e. The summed E-state index contributed by atoms with van der Waals surface area (Å²) in [6.45, 7) is 0.369. The molecule has 3 nitrogen and oxygen atoms in total. The van der Waals surface area contributed by atoms with Crippen molar-refractivity contribution in [1.82, 2.24) is 4.90 Å². The number of hydrogen-bond donors (Lipinski definition) is 0. The predicted octanol–water partition coefficient (Wildman–Crippen LogP) is 4.60. The van der Waals surface area contributed by atoms with Crippen molar-refractivity contribution in [2.45, 2.75) is 18.9 Å². The van der Waals surface area contributed by atoms with Crippen molar-refractivity contribution in [3.8, 4) is 0 Å². The number of nitrogens with zero attached hydrogens (tertiary/aromatic N) is 1. The Kier molecular flexibility index (Phi) is 5.16. The molecular formula is C19H17ClFNO2. The van der Waals surface area contributed by atoms with Gasteiger partial charge in [-0.2, -0.15) is 0 Å². The smallest absolute Gasteiger partial charge is 0.414 e. The fourth-order valence-electron chi connectivity index (χ4n) is 2.67. The second-order valence-electron chi connectivity index (χ2n) is 5.67. The van der Waals surface area contributed by atoms with E-state index in [0.29, 0.717) is 13.0 Å². The van der Waals surface area contributed by atoms with E-state index in [-0.39, 0.29) is 17.2 Å². The number of benzene rings is 2. The number of amides is 1. The number of halogens is 2. The molecule has 0 radical (unpaired) electrons. The van der Waals surface area contributed by atoms with Crippen molar-refractivity contribution < 1.29 is 13.9 Å². The van der Waals surface area contributed by atoms with E-state index in [1.807, 2.05) is 36.4 Å². The molecule has 0 bridgehead atoms. The summed E-state index contributed by atoms with van der Waals surface area (Å²) in [6, 6.07) is 14.6. The van der Waals surface area contributed by atoms with Gasteiger partial charge in [0.15, 0.2) is 0 Å². The topological polar surface area (TPSA) is 29.5 Å². The van der Waals surface area contributed by atoms with Crippen LogP contribution in [0.3, 0.4) is 0 Å². The summed E-state index contributed by atoms with van der Waals surface area (Å²) < 4.78 is 18.6. The molecule has 0 aromatic heterocycles. The number of cyclic esters (lactones) is 1. The highest BCUT2D eigenvalue weighted by molar-refractivity contribution is 6.30. The first-order valence-electron chi connectivity index (χ1n) is 7.73. The zero-order valence-electron chi connectivity index (χ0n) is 13.0. The molecule has 0 unspecified atom stereocenters. The zero-order chi connectivity index (χ0) is 16.9. The van der Waals surface area contributed by atoms with Crippen molar-refractivity contribution >= 4 is 17.7 Å². The first-order valence-corrected chi connectivity index (χ1v) is 8.11. The maximum Gasteiger partial charge on any atom is 0.414 e. The van der Waals surface area contributed by atoms with Crippen LogP contribution in [0.15, 0.2) is 60.8 Å². The fraction of sp³-hybridized carbons (Fsp3) is 0.211. The van der Waals surface area contributed by atoms with Crippen molar-refractivity contribution in [3.05, 3.63) is 82.8 Å². The lowest BCUT2D eigenvalue weighted by Crippen LogP contribution is -2.30. The molecule has 0 saturated carbocycles. The van der Waals surface area contributed by atoms with Gasteiger partial charge >= 0.3 is 6.09 Å². The van der Waals surface area contributed by atoms with Crippen LogP contribution in [0.2, 0.25) is 5.02 Å². The summed E-state index contributed by atoms with van der Waals surface area (Å²) in [5, 5.41) is 0.105. The van der Waals surface area contributed by atoms with Crippen LogP contribution in [-0.2, 0) is 17.6 Å². The van der Waals surface area contributed by atoms with Gasteiger partial charge in [0.1, 0.15) is 12.4 Å². The molecule has 124 valence electrons. The lowest BCUT2D eigenvalue weighted by molar-refractivity contribution is 0.166. The summed E-state index contributed by atoms with van der Waals surface area (Å²) in [7, 11) is 0. The first-order chi connectivity index (χ1) is 11.6. The SMILES string of the molecule is O=C1OC[C@@H](Cc2ccccc2)N1/C=C/Cc1ccc(Cl)c(F)c1. The third kappa shape index (κ3) is 3.95. The van der Waals surface area contributed by atoms with Crippen molar-refractivity contribution in [1.29, 1.82) is 0 Å². The van der Waals surface area contributed by atoms with Crippen LogP contribution in [0.4, 0.5) is 9.18 Å². The quantitative estimate of drug-likeness (QED) is 0.792. The van der Waals surface area contributed by atoms with Crippen molar-refractivity contribution in [2.24, 2.45) is 0 Å². The molecule has 1 aliphatic heterocycles. The molecule has 1 aliphatic rings. The van der Waals surface area contributed by atoms with E-state index in [1.165, 1.54) is 12.1 Å². The fourth-order valence-corrected chi connectivity index (χ4v) is 2.78. The number of allylic oxidation sites excluding steroid dienone is 1. The second-order valence-corrected chi connectivity index (χ2v) is 6.07. The van der Waals surface area contributed by atoms with Gasteiger partial charge in [-0.1, -0.05) is 54.1 Å². The van der Waals surface area contributed by atoms with Gasteiger partial charge in [-0.3, -0.25) is 4.90 Å². The predicted molar refractivity (Wildman–Crippen MR) is 91.4 cm³/mol. The maximum absolute atomic E-state index is 13.4. The Labute approximate surface area is 145 Å². The molecule has 2 aromatic rings. The average Bonchev–Trinajstić information content (AvgIpc) is 2.92. The monoisotopic (exact) mass is 345 g/mol. The van der Waals surface area contributed by atoms with Crippen LogP contribution in [0.25, 0.3) is 0 Å². The van der Waals surface area contributed by atoms with Gasteiger partial charge in [0, 0.05) is 6.20 Å². The Bertz CT molecular complexity index is 748. The van der Waals surface area contributed by atoms with Crippen LogP contribution in [-0.4, -0.2) is 23.6 Å². The zero-order valence-corrected chi connectivity index (χ0v) is 13.7. The van der Waals surface area contributed by atoms with Gasteiger partial charge in [-0.25, -0.2) is 9.18 Å². The Morgan fingerprint density at radius 1 is 1.21 bits per heavy atom. The number of hydrogen-bond acceptors (Lipinski definition) is 2. The second kappa shape index (κ2) is 7.49. The third-order valence-corrected chi connectivity index (χ3v) is 4.23. The molecule has 2 aromatic carbocycles. The standard InChI is InChI=1S/C19H17ClFNO2/c20-17-9-8-15(12-18(17)21)7-4-10-22-16(13-24-19(22)23)11-14-5-2-1-3-6-14/h1-6,8-10,12,16H,7,11,13H2/b10-4+/t16-/m1/s1. The molecule has 0 N–H and O–H groups in total. The van der Waals surface area contributed by atoms with E-state index in [2.05, 4.69) is 0 Å². The van der Waals surface area contributed by atoms with Crippen LogP contribution in [0.5, 0.6) is 0 Å².